The van der Waals surface area contributed by atoms with E-state index in [1.165, 1.54) is 44.9 Å². The van der Waals surface area contributed by atoms with Crippen LogP contribution in [0.5, 0.6) is 0 Å². The fourth-order valence-corrected chi connectivity index (χ4v) is 8.88. The van der Waals surface area contributed by atoms with E-state index in [2.05, 4.69) is 148 Å². The van der Waals surface area contributed by atoms with Gasteiger partial charge in [-0.1, -0.05) is 121 Å². The second-order valence-electron chi connectivity index (χ2n) is 15.8. The van der Waals surface area contributed by atoms with Crippen LogP contribution in [0.2, 0.25) is 0 Å². The number of imide groups is 2. The third kappa shape index (κ3) is 7.52. The zero-order valence-corrected chi connectivity index (χ0v) is 36.3. The molecule has 0 N–H and O–H groups in total. The first-order chi connectivity index (χ1) is 28.0. The Kier molecular flexibility index (Phi) is 13.1. The summed E-state index contributed by atoms with van der Waals surface area (Å²) >= 11 is 0. The summed E-state index contributed by atoms with van der Waals surface area (Å²) in [4.78, 5) is 46.7. The van der Waals surface area contributed by atoms with Crippen molar-refractivity contribution in [2.45, 2.75) is 107 Å². The summed E-state index contributed by atoms with van der Waals surface area (Å²) in [6.07, 6.45) is 25.7. The largest absolute Gasteiger partial charge is 0.345 e. The second kappa shape index (κ2) is 18.0. The summed E-state index contributed by atoms with van der Waals surface area (Å²) in [5.41, 5.74) is 7.49. The summed E-state index contributed by atoms with van der Waals surface area (Å²) in [5, 5.41) is 4.74. The number of likely N-dealkylation sites (N-methyl/N-ethyl adjacent to an activating group) is 1. The average molecular weight is 779 g/mol. The van der Waals surface area contributed by atoms with Gasteiger partial charge >= 0.3 is 6.03 Å². The zero-order valence-electron chi connectivity index (χ0n) is 36.3. The summed E-state index contributed by atoms with van der Waals surface area (Å²) in [5.74, 6) is -0.737. The highest BCUT2D eigenvalue weighted by Gasteiger charge is 2.43. The van der Waals surface area contributed by atoms with Crippen LogP contribution in [0, 0.1) is 11.8 Å². The van der Waals surface area contributed by atoms with Crippen LogP contribution in [0.25, 0.3) is 27.8 Å². The number of carbonyl (C=O) groups excluding carboxylic acids is 3. The number of barbiturate groups is 1. The summed E-state index contributed by atoms with van der Waals surface area (Å²) in [6, 6.07) is 12.9. The molecule has 2 aliphatic carbocycles. The third-order valence-electron chi connectivity index (χ3n) is 12.3. The van der Waals surface area contributed by atoms with Crippen LogP contribution in [0.15, 0.2) is 130 Å². The topological polar surface area (TPSA) is 65.9 Å². The molecule has 2 bridgehead atoms. The molecule has 2 aromatic carbocycles. The van der Waals surface area contributed by atoms with E-state index in [0.717, 1.165) is 39.9 Å². The quantitative estimate of drug-likeness (QED) is 0.169. The number of hydrogen-bond donors (Lipinski definition) is 0. The summed E-state index contributed by atoms with van der Waals surface area (Å²) < 4.78 is 2.43. The lowest BCUT2D eigenvalue weighted by Gasteiger charge is -2.40. The van der Waals surface area contributed by atoms with Gasteiger partial charge in [-0.3, -0.25) is 19.4 Å². The van der Waals surface area contributed by atoms with Crippen molar-refractivity contribution < 1.29 is 14.4 Å². The first kappa shape index (κ1) is 42.2. The molecule has 0 spiro atoms. The number of benzene rings is 2. The molecular formula is C51H62N4O3. The highest BCUT2D eigenvalue weighted by molar-refractivity contribution is 6.29. The SMILES string of the molecule is CC.CCCN1C(=O)/C(=C2C(=C/C=C3\C(C)/C=C\C=C4\C=CC=C(C4C)N3C(C)CC)/CCC/2=C\C=c2/c3cccc4cccc(c43)n2C(C)CC)C(=O)N(C)C1=O. The Morgan fingerprint density at radius 3 is 2.14 bits per heavy atom. The number of fused-ring (bicyclic) bond motifs is 2. The lowest BCUT2D eigenvalue weighted by atomic mass is 9.90. The maximum Gasteiger partial charge on any atom is 0.333 e. The van der Waals surface area contributed by atoms with Crippen molar-refractivity contribution in [2.24, 2.45) is 11.8 Å². The zero-order chi connectivity index (χ0) is 41.8. The van der Waals surface area contributed by atoms with Crippen molar-refractivity contribution in [3.8, 4) is 0 Å². The molecule has 4 atom stereocenters. The van der Waals surface area contributed by atoms with Crippen molar-refractivity contribution in [1.29, 1.82) is 0 Å². The van der Waals surface area contributed by atoms with Crippen LogP contribution < -0.4 is 5.35 Å². The number of allylic oxidation sites excluding steroid dienone is 13. The first-order valence-electron chi connectivity index (χ1n) is 21.6. The van der Waals surface area contributed by atoms with E-state index in [-0.39, 0.29) is 36.0 Å². The molecule has 7 rings (SSSR count). The molecule has 304 valence electrons. The van der Waals surface area contributed by atoms with E-state index in [4.69, 9.17) is 0 Å². The maximum atomic E-state index is 14.4. The molecule has 3 aromatic rings. The molecule has 0 radical (unpaired) electrons. The van der Waals surface area contributed by atoms with E-state index >= 15 is 0 Å². The lowest BCUT2D eigenvalue weighted by molar-refractivity contribution is -0.135. The Labute approximate surface area is 345 Å². The van der Waals surface area contributed by atoms with Crippen molar-refractivity contribution in [3.05, 3.63) is 136 Å². The minimum atomic E-state index is -0.571. The number of hydrogen-bond acceptors (Lipinski definition) is 4. The number of carbonyl (C=O) groups is 3. The van der Waals surface area contributed by atoms with E-state index in [0.29, 0.717) is 24.8 Å². The van der Waals surface area contributed by atoms with Crippen molar-refractivity contribution in [1.82, 2.24) is 19.3 Å². The molecule has 1 saturated carbocycles. The van der Waals surface area contributed by atoms with Crippen LogP contribution >= 0.6 is 0 Å². The smallest absolute Gasteiger partial charge is 0.333 e. The predicted octanol–water partition coefficient (Wildman–Crippen LogP) is 11.3. The summed E-state index contributed by atoms with van der Waals surface area (Å²) in [7, 11) is 1.48. The van der Waals surface area contributed by atoms with Crippen LogP contribution in [-0.2, 0) is 9.59 Å². The van der Waals surface area contributed by atoms with Crippen molar-refractivity contribution in [3.63, 3.8) is 0 Å². The van der Waals surface area contributed by atoms with Gasteiger partial charge < -0.3 is 9.47 Å². The molecule has 2 fully saturated rings. The van der Waals surface area contributed by atoms with Crippen LogP contribution in [-0.4, -0.2) is 56.7 Å². The minimum absolute atomic E-state index is 0.0757. The highest BCUT2D eigenvalue weighted by atomic mass is 16.2. The maximum absolute atomic E-state index is 14.4. The average Bonchev–Trinajstić information content (AvgIpc) is 3.79. The molecule has 4 unspecified atom stereocenters. The van der Waals surface area contributed by atoms with Gasteiger partial charge in [0.15, 0.2) is 0 Å². The molecule has 7 nitrogen and oxygen atoms in total. The molecule has 1 aromatic heterocycles. The van der Waals surface area contributed by atoms with Gasteiger partial charge in [0.2, 0.25) is 0 Å². The van der Waals surface area contributed by atoms with Crippen LogP contribution in [0.1, 0.15) is 100 Å². The van der Waals surface area contributed by atoms with E-state index in [1.807, 2.05) is 20.8 Å². The second-order valence-corrected chi connectivity index (χ2v) is 15.8. The highest BCUT2D eigenvalue weighted by Crippen LogP contribution is 2.42. The van der Waals surface area contributed by atoms with E-state index in [1.54, 1.807) is 0 Å². The van der Waals surface area contributed by atoms with E-state index < -0.39 is 17.8 Å². The van der Waals surface area contributed by atoms with Crippen molar-refractivity contribution >= 4 is 45.6 Å². The molecule has 4 amide bonds. The van der Waals surface area contributed by atoms with Gasteiger partial charge in [0.05, 0.1) is 0 Å². The van der Waals surface area contributed by atoms with Gasteiger partial charge in [0, 0.05) is 70.5 Å². The fraction of sp³-hybridized carbons (Fsp3) is 0.392. The van der Waals surface area contributed by atoms with Gasteiger partial charge in [-0.2, -0.15) is 0 Å². The lowest BCUT2D eigenvalue weighted by Crippen LogP contribution is -2.55. The Balaban J connectivity index is 0.00000279. The van der Waals surface area contributed by atoms with Crippen molar-refractivity contribution in [2.75, 3.05) is 13.6 Å². The number of nitrogens with zero attached hydrogens (tertiary/aromatic N) is 4. The van der Waals surface area contributed by atoms with Gasteiger partial charge in [0.1, 0.15) is 5.57 Å². The number of amides is 4. The molecule has 58 heavy (non-hydrogen) atoms. The van der Waals surface area contributed by atoms with Gasteiger partial charge in [-0.15, -0.1) is 0 Å². The van der Waals surface area contributed by atoms with Gasteiger partial charge in [0.25, 0.3) is 11.8 Å². The number of rotatable bonds is 8. The molecular weight excluding hydrogens is 717 g/mol. The number of aromatic nitrogens is 1. The Morgan fingerprint density at radius 1 is 0.793 bits per heavy atom. The Bertz CT molecular complexity index is 2400. The van der Waals surface area contributed by atoms with Crippen LogP contribution in [0.3, 0.4) is 0 Å². The van der Waals surface area contributed by atoms with E-state index in [9.17, 15) is 14.4 Å². The molecule has 3 heterocycles. The summed E-state index contributed by atoms with van der Waals surface area (Å²) in [6.45, 7) is 19.7. The molecule has 7 heteroatoms. The minimum Gasteiger partial charge on any atom is -0.345 e. The van der Waals surface area contributed by atoms with Gasteiger partial charge in [-0.05, 0) is 97.9 Å². The molecule has 2 aliphatic heterocycles. The third-order valence-corrected chi connectivity index (χ3v) is 12.3. The van der Waals surface area contributed by atoms with Crippen LogP contribution in [0.4, 0.5) is 4.79 Å². The van der Waals surface area contributed by atoms with Gasteiger partial charge in [-0.25, -0.2) is 4.79 Å². The predicted molar refractivity (Wildman–Crippen MR) is 241 cm³/mol. The monoisotopic (exact) mass is 778 g/mol. The standard InChI is InChI=1S/C49H56N4O3.C2H6/c1-9-30-51-48(55)46(47(54)50(8)49(51)56)44-37(26-28-40-31(4)16-12-17-35-18-14-22-41(34(35)7)52(40)32(5)10-2)24-25-38(44)27-29-42-39-21-13-19-36-20-15-23-43(45(36)39)53(42)33(6)11-3;1-2/h12-23,26-29,31-34H,9-11,24-25,30H2,1-8H3;1-2H3/b16-12-,35-17-,37-26+,38-27+,40-28+,42-29+,46-44-;. The molecule has 4 aliphatic rings. The number of urea groups is 1. The first-order valence-corrected chi connectivity index (χ1v) is 21.6. The Hall–Kier alpha value is -5.43. The normalized spacial score (nSPS) is 26.2. The fourth-order valence-electron chi connectivity index (χ4n) is 8.88. The molecule has 1 saturated heterocycles. The Morgan fingerprint density at radius 2 is 1.47 bits per heavy atom.